The molecule has 2 heterocycles. The second-order valence-electron chi connectivity index (χ2n) is 9.22. The van der Waals surface area contributed by atoms with Crippen LogP contribution in [-0.4, -0.2) is 49.3 Å². The largest absolute Gasteiger partial charge is 0.301 e. The number of benzene rings is 1. The van der Waals surface area contributed by atoms with E-state index < -0.39 is 10.0 Å². The molecule has 1 aliphatic rings. The minimum atomic E-state index is -3.62. The van der Waals surface area contributed by atoms with Crippen LogP contribution in [0.5, 0.6) is 0 Å². The molecule has 0 radical (unpaired) electrons. The number of likely N-dealkylation sites (tertiary alicyclic amines) is 1. The maximum absolute atomic E-state index is 13.1. The molecule has 0 N–H and O–H groups in total. The van der Waals surface area contributed by atoms with Crippen molar-refractivity contribution < 1.29 is 8.42 Å². The van der Waals surface area contributed by atoms with Gasteiger partial charge < -0.3 is 4.90 Å². The van der Waals surface area contributed by atoms with Crippen molar-refractivity contribution >= 4 is 15.7 Å². The lowest BCUT2D eigenvalue weighted by atomic mass is 9.90. The van der Waals surface area contributed by atoms with Gasteiger partial charge in [-0.15, -0.1) is 0 Å². The summed E-state index contributed by atoms with van der Waals surface area (Å²) in [6, 6.07) is 8.06. The zero-order valence-electron chi connectivity index (χ0n) is 19.9. The molecule has 2 aromatic rings. The van der Waals surface area contributed by atoms with Gasteiger partial charge >= 0.3 is 0 Å². The molecule has 1 saturated heterocycles. The van der Waals surface area contributed by atoms with E-state index in [0.29, 0.717) is 22.3 Å². The van der Waals surface area contributed by atoms with Crippen molar-refractivity contribution in [2.75, 3.05) is 24.4 Å². The number of nitrogens with zero attached hydrogens (tertiary/aromatic N) is 4. The van der Waals surface area contributed by atoms with Gasteiger partial charge in [-0.1, -0.05) is 18.6 Å². The highest BCUT2D eigenvalue weighted by atomic mass is 32.2. The predicted molar refractivity (Wildman–Crippen MR) is 127 cm³/mol. The molecule has 0 saturated carbocycles. The van der Waals surface area contributed by atoms with Crippen LogP contribution in [-0.2, 0) is 23.5 Å². The third kappa shape index (κ3) is 5.32. The van der Waals surface area contributed by atoms with Gasteiger partial charge in [-0.2, -0.15) is 5.10 Å². The van der Waals surface area contributed by atoms with E-state index in [1.54, 1.807) is 23.9 Å². The summed E-state index contributed by atoms with van der Waals surface area (Å²) in [7, 11) is -0.185. The molecule has 7 heteroatoms. The lowest BCUT2D eigenvalue weighted by molar-refractivity contribution is 0.145. The SMILES string of the molecule is Cc1nn(C)c(C)c1N(C)S(=O)(=O)c1ccc(CCCC2CCN(C(C)C)CC2)cc1. The van der Waals surface area contributed by atoms with Gasteiger partial charge in [0.05, 0.1) is 22.0 Å². The monoisotopic (exact) mass is 446 g/mol. The van der Waals surface area contributed by atoms with E-state index in [9.17, 15) is 8.42 Å². The quantitative estimate of drug-likeness (QED) is 0.606. The predicted octanol–water partition coefficient (Wildman–Crippen LogP) is 4.31. The van der Waals surface area contributed by atoms with E-state index in [4.69, 9.17) is 0 Å². The van der Waals surface area contributed by atoms with Crippen LogP contribution in [0.1, 0.15) is 56.5 Å². The van der Waals surface area contributed by atoms with Crippen molar-refractivity contribution in [3.05, 3.63) is 41.2 Å². The van der Waals surface area contributed by atoms with E-state index in [1.165, 1.54) is 42.2 Å². The van der Waals surface area contributed by atoms with Gasteiger partial charge in [0.15, 0.2) is 0 Å². The zero-order chi connectivity index (χ0) is 22.8. The molecule has 1 aromatic heterocycles. The van der Waals surface area contributed by atoms with Crippen LogP contribution in [0.25, 0.3) is 0 Å². The highest BCUT2D eigenvalue weighted by Gasteiger charge is 2.26. The Morgan fingerprint density at radius 2 is 1.74 bits per heavy atom. The van der Waals surface area contributed by atoms with Crippen molar-refractivity contribution in [2.24, 2.45) is 13.0 Å². The first-order chi connectivity index (χ1) is 14.6. The third-order valence-corrected chi connectivity index (χ3v) is 8.60. The highest BCUT2D eigenvalue weighted by Crippen LogP contribution is 2.28. The van der Waals surface area contributed by atoms with Crippen molar-refractivity contribution in [1.29, 1.82) is 0 Å². The van der Waals surface area contributed by atoms with Crippen LogP contribution in [0.15, 0.2) is 29.2 Å². The molecule has 0 aliphatic carbocycles. The standard InChI is InChI=1S/C24H38N4O2S/c1-18(2)28-16-14-22(15-17-28)9-7-8-21-10-12-23(13-11-21)31(29,30)27(6)24-19(3)25-26(5)20(24)4/h10-13,18,22H,7-9,14-17H2,1-6H3. The molecular formula is C24H38N4O2S. The van der Waals surface area contributed by atoms with Gasteiger partial charge in [0.25, 0.3) is 10.0 Å². The Kier molecular flexibility index (Phi) is 7.47. The van der Waals surface area contributed by atoms with E-state index in [0.717, 1.165) is 24.5 Å². The summed E-state index contributed by atoms with van der Waals surface area (Å²) < 4.78 is 29.3. The Hall–Kier alpha value is -1.86. The summed E-state index contributed by atoms with van der Waals surface area (Å²) in [5.41, 5.74) is 3.39. The molecule has 0 unspecified atom stereocenters. The number of piperidine rings is 1. The first kappa shape index (κ1) is 23.8. The number of aromatic nitrogens is 2. The molecule has 1 aromatic carbocycles. The van der Waals surface area contributed by atoms with Gasteiger partial charge in [0.1, 0.15) is 0 Å². The molecule has 0 atom stereocenters. The van der Waals surface area contributed by atoms with Gasteiger partial charge in [0, 0.05) is 20.1 Å². The van der Waals surface area contributed by atoms with Crippen LogP contribution in [0.3, 0.4) is 0 Å². The van der Waals surface area contributed by atoms with Gasteiger partial charge in [0.2, 0.25) is 0 Å². The molecule has 0 bridgehead atoms. The number of rotatable bonds is 8. The summed E-state index contributed by atoms with van der Waals surface area (Å²) >= 11 is 0. The van der Waals surface area contributed by atoms with Crippen molar-refractivity contribution in [3.8, 4) is 0 Å². The Labute approximate surface area is 188 Å². The summed E-state index contributed by atoms with van der Waals surface area (Å²) in [6.45, 7) is 10.7. The smallest absolute Gasteiger partial charge is 0.264 e. The van der Waals surface area contributed by atoms with Crippen molar-refractivity contribution in [2.45, 2.75) is 70.7 Å². The van der Waals surface area contributed by atoms with E-state index >= 15 is 0 Å². The van der Waals surface area contributed by atoms with Gasteiger partial charge in [-0.3, -0.25) is 8.99 Å². The summed E-state index contributed by atoms with van der Waals surface area (Å²) in [6.07, 6.45) is 6.02. The molecule has 1 aliphatic heterocycles. The maximum atomic E-state index is 13.1. The molecule has 3 rings (SSSR count). The first-order valence-corrected chi connectivity index (χ1v) is 12.9. The normalized spacial score (nSPS) is 16.2. The minimum Gasteiger partial charge on any atom is -0.301 e. The lowest BCUT2D eigenvalue weighted by Crippen LogP contribution is -2.38. The number of anilines is 1. The Morgan fingerprint density at radius 3 is 2.26 bits per heavy atom. The molecule has 0 spiro atoms. The zero-order valence-corrected chi connectivity index (χ0v) is 20.7. The fraction of sp³-hybridized carbons (Fsp3) is 0.625. The lowest BCUT2D eigenvalue weighted by Gasteiger charge is -2.34. The van der Waals surface area contributed by atoms with Gasteiger partial charge in [-0.05, 0) is 90.1 Å². The van der Waals surface area contributed by atoms with Crippen LogP contribution < -0.4 is 4.31 Å². The second kappa shape index (κ2) is 9.74. The molecule has 172 valence electrons. The Bertz CT molecular complexity index is 972. The fourth-order valence-corrected chi connectivity index (χ4v) is 5.98. The fourth-order valence-electron chi connectivity index (χ4n) is 4.68. The first-order valence-electron chi connectivity index (χ1n) is 11.4. The molecular weight excluding hydrogens is 408 g/mol. The maximum Gasteiger partial charge on any atom is 0.264 e. The number of hydrogen-bond acceptors (Lipinski definition) is 4. The topological polar surface area (TPSA) is 58.4 Å². The van der Waals surface area contributed by atoms with E-state index in [2.05, 4.69) is 23.8 Å². The summed E-state index contributed by atoms with van der Waals surface area (Å²) in [5, 5.41) is 4.35. The highest BCUT2D eigenvalue weighted by molar-refractivity contribution is 7.92. The van der Waals surface area contributed by atoms with Crippen LogP contribution in [0, 0.1) is 19.8 Å². The average molecular weight is 447 g/mol. The van der Waals surface area contributed by atoms with Gasteiger partial charge in [-0.25, -0.2) is 8.42 Å². The average Bonchev–Trinajstić information content (AvgIpc) is 2.99. The van der Waals surface area contributed by atoms with Crippen LogP contribution >= 0.6 is 0 Å². The van der Waals surface area contributed by atoms with E-state index in [-0.39, 0.29) is 0 Å². The van der Waals surface area contributed by atoms with E-state index in [1.807, 2.05) is 33.0 Å². The Morgan fingerprint density at radius 1 is 1.13 bits per heavy atom. The second-order valence-corrected chi connectivity index (χ2v) is 11.2. The van der Waals surface area contributed by atoms with Crippen LogP contribution in [0.2, 0.25) is 0 Å². The molecule has 31 heavy (non-hydrogen) atoms. The molecule has 0 amide bonds. The van der Waals surface area contributed by atoms with Crippen molar-refractivity contribution in [3.63, 3.8) is 0 Å². The van der Waals surface area contributed by atoms with Crippen LogP contribution in [0.4, 0.5) is 5.69 Å². The molecule has 6 nitrogen and oxygen atoms in total. The minimum absolute atomic E-state index is 0.322. The third-order valence-electron chi connectivity index (χ3n) is 6.82. The number of hydrogen-bond donors (Lipinski definition) is 0. The molecule has 1 fully saturated rings. The van der Waals surface area contributed by atoms with Crippen molar-refractivity contribution in [1.82, 2.24) is 14.7 Å². The number of sulfonamides is 1. The summed E-state index contributed by atoms with van der Waals surface area (Å²) in [4.78, 5) is 2.89. The number of aryl methyl sites for hydroxylation is 3. The summed E-state index contributed by atoms with van der Waals surface area (Å²) in [5.74, 6) is 0.828. The Balaban J connectivity index is 1.57.